The molecule has 2 aromatic carbocycles. The van der Waals surface area contributed by atoms with Crippen LogP contribution in [0.2, 0.25) is 0 Å². The number of ether oxygens (including phenoxy) is 3. The predicted octanol–water partition coefficient (Wildman–Crippen LogP) is 4.95. The Balaban J connectivity index is 0.000000333. The quantitative estimate of drug-likeness (QED) is 0.188. The van der Waals surface area contributed by atoms with Gasteiger partial charge in [0.2, 0.25) is 0 Å². The van der Waals surface area contributed by atoms with E-state index >= 15 is 0 Å². The first kappa shape index (κ1) is 31.3. The van der Waals surface area contributed by atoms with E-state index in [1.807, 2.05) is 30.3 Å². The van der Waals surface area contributed by atoms with Gasteiger partial charge in [0.05, 0.1) is 14.2 Å². The number of pyridine rings is 2. The van der Waals surface area contributed by atoms with Crippen LogP contribution in [0.4, 0.5) is 0 Å². The van der Waals surface area contributed by atoms with E-state index < -0.39 is 14.0 Å². The van der Waals surface area contributed by atoms with Gasteiger partial charge in [-0.1, -0.05) is 47.1 Å². The average Bonchev–Trinajstić information content (AvgIpc) is 3.75. The molecule has 4 aromatic heterocycles. The molecule has 0 spiro atoms. The fourth-order valence-corrected chi connectivity index (χ4v) is 12.7. The fourth-order valence-electron chi connectivity index (χ4n) is 5.23. The second-order valence-corrected chi connectivity index (χ2v) is 14.9. The van der Waals surface area contributed by atoms with E-state index in [-0.39, 0.29) is 25.8 Å². The van der Waals surface area contributed by atoms with Gasteiger partial charge < -0.3 is 24.3 Å². The molecule has 7 rings (SSSR count). The molecule has 6 aromatic rings. The van der Waals surface area contributed by atoms with E-state index in [0.717, 1.165) is 32.9 Å². The number of thiophene rings is 2. The second kappa shape index (κ2) is 13.7. The van der Waals surface area contributed by atoms with Gasteiger partial charge in [-0.2, -0.15) is 0 Å². The number of benzene rings is 2. The third kappa shape index (κ3) is 5.72. The van der Waals surface area contributed by atoms with Crippen molar-refractivity contribution >= 4 is 57.5 Å². The van der Waals surface area contributed by atoms with Crippen LogP contribution in [0.15, 0.2) is 108 Å². The Morgan fingerprint density at radius 3 is 2.02 bits per heavy atom. The summed E-state index contributed by atoms with van der Waals surface area (Å²) in [5.74, 6) is 0.700. The molecule has 0 saturated carbocycles. The zero-order valence-corrected chi connectivity index (χ0v) is 28.5. The minimum Gasteiger partial charge on any atom is -0.502 e. The average molecular weight is 814 g/mol. The van der Waals surface area contributed by atoms with Crippen LogP contribution in [0.3, 0.4) is 0 Å². The molecule has 0 atom stereocenters. The Hall–Kier alpha value is -4.12. The van der Waals surface area contributed by atoms with Gasteiger partial charge in [0, 0.05) is 38.2 Å². The summed E-state index contributed by atoms with van der Waals surface area (Å²) in [5, 5.41) is 19.5. The van der Waals surface area contributed by atoms with Crippen LogP contribution in [0.1, 0.15) is 10.5 Å². The van der Waals surface area contributed by atoms with Crippen molar-refractivity contribution in [3.63, 3.8) is 0 Å². The summed E-state index contributed by atoms with van der Waals surface area (Å²) in [7, 11) is 0.696. The molecule has 5 heterocycles. The van der Waals surface area contributed by atoms with Crippen LogP contribution in [-0.2, 0) is 20.1 Å². The van der Waals surface area contributed by atoms with E-state index in [0.29, 0.717) is 0 Å². The minimum absolute atomic E-state index is 0. The van der Waals surface area contributed by atoms with E-state index in [2.05, 4.69) is 63.2 Å². The number of carboxylic acids is 1. The summed E-state index contributed by atoms with van der Waals surface area (Å²) < 4.78 is 17.9. The number of nitrogens with zero attached hydrogens (tertiary/aromatic N) is 2. The molecule has 44 heavy (non-hydrogen) atoms. The zero-order valence-electron chi connectivity index (χ0n) is 23.5. The van der Waals surface area contributed by atoms with Crippen molar-refractivity contribution < 1.29 is 44.2 Å². The van der Waals surface area contributed by atoms with Crippen LogP contribution >= 0.6 is 22.7 Å². The topological polar surface area (TPSA) is 90.8 Å². The first-order valence-corrected chi connectivity index (χ1v) is 17.0. The number of fused-ring (bicyclic) bond motifs is 2. The Bertz CT molecular complexity index is 1840. The smallest absolute Gasteiger partial charge is 0.354 e. The van der Waals surface area contributed by atoms with Gasteiger partial charge in [-0.15, -0.1) is 40.9 Å². The Labute approximate surface area is 277 Å². The summed E-state index contributed by atoms with van der Waals surface area (Å²) in [6.45, 7) is 0. The molecule has 1 aliphatic heterocycles. The number of aromatic nitrogens is 2. The SMILES string of the molecule is COc1cc([Si]2(c3csc(OC)c3)c3ccccc3Oc3c(-c4ccccn4)[c-]ccc32)cs1.O=C(O)c1ccccn1.[Ir]. The Morgan fingerprint density at radius 1 is 0.841 bits per heavy atom. The maximum Gasteiger partial charge on any atom is 0.354 e. The van der Waals surface area contributed by atoms with Crippen LogP contribution in [-0.4, -0.2) is 43.3 Å². The third-order valence-electron chi connectivity index (χ3n) is 7.08. The first-order valence-electron chi connectivity index (χ1n) is 13.2. The summed E-state index contributed by atoms with van der Waals surface area (Å²) in [6.07, 6.45) is 3.25. The van der Waals surface area contributed by atoms with Gasteiger partial charge in [0.1, 0.15) is 11.4 Å². The van der Waals surface area contributed by atoms with Gasteiger partial charge in [0.25, 0.3) is 0 Å². The molecular formula is C33H25IrN2O5S2Si-. The number of carboxylic acid groups (broad SMARTS) is 1. The van der Waals surface area contributed by atoms with Crippen molar-refractivity contribution in [3.8, 4) is 32.9 Å². The maximum absolute atomic E-state index is 10.1. The fraction of sp³-hybridized carbons (Fsp3) is 0.0606. The molecule has 0 bridgehead atoms. The molecule has 0 aliphatic carbocycles. The summed E-state index contributed by atoms with van der Waals surface area (Å²) in [4.78, 5) is 18.3. The molecular weight excluding hydrogens is 789 g/mol. The van der Waals surface area contributed by atoms with E-state index in [4.69, 9.17) is 19.3 Å². The van der Waals surface area contributed by atoms with E-state index in [9.17, 15) is 4.79 Å². The minimum atomic E-state index is -2.74. The molecule has 1 N–H and O–H groups in total. The normalized spacial score (nSPS) is 12.2. The molecule has 0 saturated heterocycles. The van der Waals surface area contributed by atoms with Gasteiger partial charge in [0.15, 0.2) is 18.2 Å². The van der Waals surface area contributed by atoms with Crippen LogP contribution in [0.5, 0.6) is 21.6 Å². The van der Waals surface area contributed by atoms with E-state index in [1.165, 1.54) is 33.0 Å². The Kier molecular flexibility index (Phi) is 9.73. The van der Waals surface area contributed by atoms with Crippen molar-refractivity contribution in [2.75, 3.05) is 14.2 Å². The summed E-state index contributed by atoms with van der Waals surface area (Å²) in [6, 6.07) is 31.0. The van der Waals surface area contributed by atoms with E-state index in [1.54, 1.807) is 55.2 Å². The monoisotopic (exact) mass is 814 g/mol. The van der Waals surface area contributed by atoms with Crippen molar-refractivity contribution in [1.29, 1.82) is 0 Å². The Morgan fingerprint density at radius 2 is 1.48 bits per heavy atom. The standard InChI is InChI=1S/C27H20NO3S2Si.C6H5NO2.Ir/c1-29-25-14-18(16-32-25)34(19-15-26(30-2)33-17-19)23-11-4-3-10-22(23)31-27-20(8-7-12-24(27)34)21-9-5-6-13-28-21;8-6(9)5-3-1-2-4-7-5;/h3-7,9-17H,1-2H3;1-4H,(H,8,9);/q-1;;. The van der Waals surface area contributed by atoms with Crippen molar-refractivity contribution in [2.45, 2.75) is 0 Å². The number of rotatable bonds is 6. The van der Waals surface area contributed by atoms with Gasteiger partial charge >= 0.3 is 5.97 Å². The van der Waals surface area contributed by atoms with Gasteiger partial charge in [-0.3, -0.25) is 0 Å². The zero-order chi connectivity index (χ0) is 29.8. The van der Waals surface area contributed by atoms with Crippen molar-refractivity contribution in [1.82, 2.24) is 9.97 Å². The van der Waals surface area contributed by atoms with Gasteiger partial charge in [-0.05, 0) is 68.4 Å². The molecule has 7 nitrogen and oxygen atoms in total. The van der Waals surface area contributed by atoms with Crippen LogP contribution in [0.25, 0.3) is 11.3 Å². The number of para-hydroxylation sites is 1. The van der Waals surface area contributed by atoms with Crippen LogP contribution in [0, 0.1) is 6.07 Å². The molecule has 223 valence electrons. The molecule has 11 heteroatoms. The largest absolute Gasteiger partial charge is 0.502 e. The van der Waals surface area contributed by atoms with Crippen molar-refractivity contribution in [2.24, 2.45) is 0 Å². The molecule has 0 fully saturated rings. The number of hydrogen-bond acceptors (Lipinski definition) is 8. The maximum atomic E-state index is 10.1. The molecule has 1 radical (unpaired) electrons. The number of aromatic carboxylic acids is 1. The van der Waals surface area contributed by atoms with Gasteiger partial charge in [-0.25, -0.2) is 9.78 Å². The third-order valence-corrected chi connectivity index (χ3v) is 14.0. The molecule has 0 amide bonds. The molecule has 0 unspecified atom stereocenters. The second-order valence-electron chi connectivity index (χ2n) is 9.40. The summed E-state index contributed by atoms with van der Waals surface area (Å²) in [5.41, 5.74) is 1.79. The van der Waals surface area contributed by atoms with Crippen LogP contribution < -0.4 is 35.0 Å². The summed E-state index contributed by atoms with van der Waals surface area (Å²) >= 11 is 3.25. The molecule has 1 aliphatic rings. The number of methoxy groups -OCH3 is 2. The first-order chi connectivity index (χ1) is 21.1. The number of hydrogen-bond donors (Lipinski definition) is 1. The predicted molar refractivity (Wildman–Crippen MR) is 172 cm³/mol. The van der Waals surface area contributed by atoms with Crippen molar-refractivity contribution in [3.05, 3.63) is 120 Å². The number of carbonyl (C=O) groups is 1.